The normalized spacial score (nSPS) is 20.2. The van der Waals surface area contributed by atoms with Crippen molar-refractivity contribution in [2.75, 3.05) is 45.8 Å². The molecule has 6 rings (SSSR count). The van der Waals surface area contributed by atoms with Crippen molar-refractivity contribution in [2.24, 2.45) is 0 Å². The van der Waals surface area contributed by atoms with Crippen molar-refractivity contribution < 1.29 is 14.3 Å². The van der Waals surface area contributed by atoms with E-state index in [9.17, 15) is 4.79 Å². The van der Waals surface area contributed by atoms with Gasteiger partial charge in [-0.25, -0.2) is 9.97 Å². The topological polar surface area (TPSA) is 124 Å². The average molecular weight is 616 g/mol. The van der Waals surface area contributed by atoms with E-state index in [1.54, 1.807) is 31.5 Å². The Morgan fingerprint density at radius 1 is 1.14 bits per heavy atom. The molecular weight excluding hydrogens is 578 g/mol. The summed E-state index contributed by atoms with van der Waals surface area (Å²) < 4.78 is 11.2. The third-order valence-electron chi connectivity index (χ3n) is 8.66. The van der Waals surface area contributed by atoms with Gasteiger partial charge in [0.05, 0.1) is 24.2 Å². The molecule has 2 fully saturated rings. The number of carbonyl (C=O) groups excluding carboxylic acids is 1. The number of aromatic nitrogens is 2. The monoisotopic (exact) mass is 615 g/mol. The van der Waals surface area contributed by atoms with Gasteiger partial charge in [-0.05, 0) is 61.9 Å². The molecule has 3 aromatic rings. The van der Waals surface area contributed by atoms with Crippen molar-refractivity contribution in [1.82, 2.24) is 25.5 Å². The van der Waals surface area contributed by atoms with Crippen molar-refractivity contribution in [1.29, 1.82) is 5.41 Å². The number of hydrogen-bond acceptors (Lipinski definition) is 9. The second-order valence-corrected chi connectivity index (χ2v) is 11.8. The molecule has 4 N–H and O–H groups in total. The Labute approximate surface area is 262 Å². The number of likely N-dealkylation sites (tertiary alicyclic amines) is 1. The molecule has 1 aliphatic carbocycles. The van der Waals surface area contributed by atoms with Crippen molar-refractivity contribution in [2.45, 2.75) is 44.2 Å². The van der Waals surface area contributed by atoms with Crippen molar-refractivity contribution in [3.05, 3.63) is 76.1 Å². The molecule has 0 radical (unpaired) electrons. The first-order chi connectivity index (χ1) is 21.4. The molecule has 0 unspecified atom stereocenters. The van der Waals surface area contributed by atoms with Gasteiger partial charge in [0.1, 0.15) is 5.75 Å². The first kappa shape index (κ1) is 30.1. The fourth-order valence-electron chi connectivity index (χ4n) is 6.33. The summed E-state index contributed by atoms with van der Waals surface area (Å²) in [5, 5.41) is 19.1. The standard InChI is InChI=1S/C33H38ClN7O3/c1-36-31(24-5-3-4-6-25(24)34)29-26(35)9-7-21-18-37-33(40-30(21)29)39-27-10-8-20(17-28(27)43-2)32(42)38-22-11-14-41(19-22)23-12-15-44-16-13-23/h3-6,8,10,17-18,22-23,35-36H,7,9,11-16,19H2,1-2H3,(H,38,42)(H,37,39,40)/b31-29+,35-26?/t22-/m1/s1. The lowest BCUT2D eigenvalue weighted by Crippen LogP contribution is -2.41. The largest absolute Gasteiger partial charge is 0.495 e. The SMILES string of the molecule is CN/C(=C1\C(=N)CCc2cnc(Nc3ccc(C(=O)N[C@@H]4CCN(C5CCOCC5)C4)cc3OC)nc21)c1ccccc1Cl. The van der Waals surface area contributed by atoms with E-state index in [0.29, 0.717) is 63.8 Å². The van der Waals surface area contributed by atoms with Crippen LogP contribution in [0.4, 0.5) is 11.6 Å². The summed E-state index contributed by atoms with van der Waals surface area (Å²) in [4.78, 5) is 25.1. The van der Waals surface area contributed by atoms with Crippen LogP contribution in [0.15, 0.2) is 48.7 Å². The van der Waals surface area contributed by atoms with Gasteiger partial charge in [-0.3, -0.25) is 9.69 Å². The molecule has 1 amide bonds. The Morgan fingerprint density at radius 3 is 2.73 bits per heavy atom. The number of rotatable bonds is 8. The van der Waals surface area contributed by atoms with E-state index >= 15 is 0 Å². The highest BCUT2D eigenvalue weighted by Crippen LogP contribution is 2.36. The summed E-state index contributed by atoms with van der Waals surface area (Å²) in [6.45, 7) is 3.49. The second-order valence-electron chi connectivity index (χ2n) is 11.4. The molecule has 3 aliphatic rings. The minimum atomic E-state index is -0.119. The quantitative estimate of drug-likeness (QED) is 0.282. The number of fused-ring (bicyclic) bond motifs is 1. The van der Waals surface area contributed by atoms with Crippen LogP contribution in [0.2, 0.25) is 5.02 Å². The predicted molar refractivity (Wildman–Crippen MR) is 173 cm³/mol. The van der Waals surface area contributed by atoms with E-state index in [-0.39, 0.29) is 11.9 Å². The minimum Gasteiger partial charge on any atom is -0.495 e. The van der Waals surface area contributed by atoms with E-state index in [1.807, 2.05) is 31.3 Å². The molecule has 10 nitrogen and oxygen atoms in total. The van der Waals surface area contributed by atoms with Gasteiger partial charge in [0, 0.05) is 79.1 Å². The number of amides is 1. The highest BCUT2D eigenvalue weighted by molar-refractivity contribution is 6.35. The molecule has 44 heavy (non-hydrogen) atoms. The van der Waals surface area contributed by atoms with Gasteiger partial charge in [0.15, 0.2) is 0 Å². The molecule has 1 atom stereocenters. The molecule has 2 aromatic carbocycles. The van der Waals surface area contributed by atoms with Crippen LogP contribution < -0.4 is 20.7 Å². The van der Waals surface area contributed by atoms with Crippen LogP contribution in [0.1, 0.15) is 52.9 Å². The van der Waals surface area contributed by atoms with E-state index in [0.717, 1.165) is 62.4 Å². The van der Waals surface area contributed by atoms with Crippen molar-refractivity contribution in [3.63, 3.8) is 0 Å². The lowest BCUT2D eigenvalue weighted by molar-refractivity contribution is 0.0415. The van der Waals surface area contributed by atoms with Crippen LogP contribution in [-0.2, 0) is 11.2 Å². The third kappa shape index (κ3) is 6.29. The van der Waals surface area contributed by atoms with Crippen LogP contribution in [0.3, 0.4) is 0 Å². The Balaban J connectivity index is 1.20. The molecule has 2 saturated heterocycles. The van der Waals surface area contributed by atoms with Gasteiger partial charge in [0.25, 0.3) is 5.91 Å². The van der Waals surface area contributed by atoms with E-state index < -0.39 is 0 Å². The summed E-state index contributed by atoms with van der Waals surface area (Å²) in [5.74, 6) is 0.746. The van der Waals surface area contributed by atoms with Crippen LogP contribution in [0.5, 0.6) is 5.75 Å². The molecule has 3 heterocycles. The number of ether oxygens (including phenoxy) is 2. The zero-order valence-electron chi connectivity index (χ0n) is 25.1. The molecule has 11 heteroatoms. The van der Waals surface area contributed by atoms with Gasteiger partial charge in [-0.1, -0.05) is 29.8 Å². The Kier molecular flexibility index (Phi) is 9.11. The van der Waals surface area contributed by atoms with E-state index in [4.69, 9.17) is 31.5 Å². The smallest absolute Gasteiger partial charge is 0.251 e. The number of nitrogens with zero attached hydrogens (tertiary/aromatic N) is 3. The van der Waals surface area contributed by atoms with Crippen LogP contribution in [0, 0.1) is 5.41 Å². The molecular formula is C33H38ClN7O3. The maximum absolute atomic E-state index is 13.2. The second kappa shape index (κ2) is 13.3. The molecule has 230 valence electrons. The molecule has 0 saturated carbocycles. The van der Waals surface area contributed by atoms with Gasteiger partial charge in [-0.15, -0.1) is 0 Å². The number of carbonyl (C=O) groups is 1. The highest BCUT2D eigenvalue weighted by Gasteiger charge is 2.31. The molecule has 1 aromatic heterocycles. The lowest BCUT2D eigenvalue weighted by atomic mass is 9.87. The Hall–Kier alpha value is -3.99. The summed E-state index contributed by atoms with van der Waals surface area (Å²) >= 11 is 6.55. The average Bonchev–Trinajstić information content (AvgIpc) is 3.52. The summed E-state index contributed by atoms with van der Waals surface area (Å²) in [5.41, 5.74) is 5.55. The number of benzene rings is 2. The number of methoxy groups -OCH3 is 1. The van der Waals surface area contributed by atoms with Crippen LogP contribution in [0.25, 0.3) is 11.3 Å². The maximum atomic E-state index is 13.2. The zero-order valence-corrected chi connectivity index (χ0v) is 25.8. The van der Waals surface area contributed by atoms with Gasteiger partial charge < -0.3 is 30.8 Å². The van der Waals surface area contributed by atoms with E-state index in [2.05, 4.69) is 25.8 Å². The van der Waals surface area contributed by atoms with Crippen LogP contribution in [-0.4, -0.2) is 79.0 Å². The Morgan fingerprint density at radius 2 is 1.95 bits per heavy atom. The summed E-state index contributed by atoms with van der Waals surface area (Å²) in [7, 11) is 3.40. The first-order valence-corrected chi connectivity index (χ1v) is 15.5. The number of anilines is 2. The number of allylic oxidation sites excluding steroid dienone is 1. The number of aryl methyl sites for hydroxylation is 1. The summed E-state index contributed by atoms with van der Waals surface area (Å²) in [6.07, 6.45) is 6.11. The number of hydrogen-bond donors (Lipinski definition) is 4. The third-order valence-corrected chi connectivity index (χ3v) is 8.99. The number of halogens is 1. The maximum Gasteiger partial charge on any atom is 0.251 e. The van der Waals surface area contributed by atoms with Gasteiger partial charge >= 0.3 is 0 Å². The van der Waals surface area contributed by atoms with Crippen LogP contribution >= 0.6 is 11.6 Å². The zero-order chi connectivity index (χ0) is 30.6. The Bertz CT molecular complexity index is 1590. The lowest BCUT2D eigenvalue weighted by Gasteiger charge is -2.31. The summed E-state index contributed by atoms with van der Waals surface area (Å²) in [6, 6.07) is 13.5. The molecule has 2 aliphatic heterocycles. The van der Waals surface area contributed by atoms with Gasteiger partial charge in [0.2, 0.25) is 5.95 Å². The first-order valence-electron chi connectivity index (χ1n) is 15.1. The highest BCUT2D eigenvalue weighted by atomic mass is 35.5. The predicted octanol–water partition coefficient (Wildman–Crippen LogP) is 4.92. The van der Waals surface area contributed by atoms with Crippen molar-refractivity contribution >= 4 is 46.1 Å². The minimum absolute atomic E-state index is 0.118. The molecule has 0 spiro atoms. The fraction of sp³-hybridized carbons (Fsp3) is 0.394. The number of nitrogens with one attached hydrogen (secondary N) is 4. The fourth-order valence-corrected chi connectivity index (χ4v) is 6.56. The molecule has 0 bridgehead atoms. The van der Waals surface area contributed by atoms with E-state index in [1.165, 1.54) is 0 Å². The van der Waals surface area contributed by atoms with Gasteiger partial charge in [-0.2, -0.15) is 0 Å². The van der Waals surface area contributed by atoms with Crippen molar-refractivity contribution in [3.8, 4) is 5.75 Å².